The molecule has 23 heavy (non-hydrogen) atoms. The Morgan fingerprint density at radius 3 is 1.26 bits per heavy atom. The summed E-state index contributed by atoms with van der Waals surface area (Å²) in [7, 11) is -3.08. The van der Waals surface area contributed by atoms with E-state index in [1.807, 2.05) is 0 Å². The standard InChI is InChI=1S/C19H44O2Si2/c1-10-22(11-2,12-3)20-15-13-14-16-21-23(17(4)5,18(6)7)19(8)9/h17-19H,10-16H2,1-9H3. The highest BCUT2D eigenvalue weighted by atomic mass is 28.4. The molecule has 0 aliphatic heterocycles. The normalized spacial score (nSPS) is 13.6. The molecule has 0 aliphatic rings. The van der Waals surface area contributed by atoms with Gasteiger partial charge in [-0.15, -0.1) is 0 Å². The minimum Gasteiger partial charge on any atom is -0.417 e. The summed E-state index contributed by atoms with van der Waals surface area (Å²) in [6, 6.07) is 3.75. The first-order chi connectivity index (χ1) is 10.7. The van der Waals surface area contributed by atoms with Crippen molar-refractivity contribution in [1.82, 2.24) is 0 Å². The van der Waals surface area contributed by atoms with Gasteiger partial charge in [0, 0.05) is 13.2 Å². The zero-order valence-corrected chi connectivity index (χ0v) is 19.5. The summed E-state index contributed by atoms with van der Waals surface area (Å²) in [6.07, 6.45) is 2.29. The van der Waals surface area contributed by atoms with Gasteiger partial charge in [-0.2, -0.15) is 0 Å². The molecule has 0 saturated heterocycles. The molecule has 2 nitrogen and oxygen atoms in total. The summed E-state index contributed by atoms with van der Waals surface area (Å²) in [4.78, 5) is 0. The van der Waals surface area contributed by atoms with Crippen LogP contribution in [0.25, 0.3) is 0 Å². The summed E-state index contributed by atoms with van der Waals surface area (Å²) in [5.74, 6) is 0. The Morgan fingerprint density at radius 1 is 0.609 bits per heavy atom. The van der Waals surface area contributed by atoms with Crippen molar-refractivity contribution in [2.75, 3.05) is 13.2 Å². The van der Waals surface area contributed by atoms with Gasteiger partial charge in [0.05, 0.1) is 0 Å². The average molecular weight is 361 g/mol. The maximum absolute atomic E-state index is 6.62. The number of hydrogen-bond donors (Lipinski definition) is 0. The largest absolute Gasteiger partial charge is 0.417 e. The second-order valence-electron chi connectivity index (χ2n) is 7.97. The summed E-state index contributed by atoms with van der Waals surface area (Å²) in [5, 5.41) is 0. The molecule has 0 atom stereocenters. The molecule has 0 aromatic rings. The molecule has 0 amide bonds. The zero-order valence-electron chi connectivity index (χ0n) is 17.5. The van der Waals surface area contributed by atoms with Crippen LogP contribution in [-0.4, -0.2) is 29.8 Å². The van der Waals surface area contributed by atoms with Crippen LogP contribution in [0.5, 0.6) is 0 Å². The monoisotopic (exact) mass is 360 g/mol. The molecule has 0 radical (unpaired) electrons. The molecule has 140 valence electrons. The van der Waals surface area contributed by atoms with E-state index in [1.54, 1.807) is 0 Å². The molecule has 0 heterocycles. The van der Waals surface area contributed by atoms with Gasteiger partial charge >= 0.3 is 0 Å². The van der Waals surface area contributed by atoms with Crippen LogP contribution in [-0.2, 0) is 8.85 Å². The molecule has 0 saturated carbocycles. The van der Waals surface area contributed by atoms with Crippen molar-refractivity contribution in [3.05, 3.63) is 0 Å². The highest BCUT2D eigenvalue weighted by Crippen LogP contribution is 2.42. The quantitative estimate of drug-likeness (QED) is 0.260. The predicted molar refractivity (Wildman–Crippen MR) is 109 cm³/mol. The lowest BCUT2D eigenvalue weighted by atomic mass is 10.3. The predicted octanol–water partition coefficient (Wildman–Crippen LogP) is 6.98. The van der Waals surface area contributed by atoms with Crippen LogP contribution in [0.3, 0.4) is 0 Å². The van der Waals surface area contributed by atoms with Gasteiger partial charge in [0.15, 0.2) is 16.6 Å². The van der Waals surface area contributed by atoms with Crippen molar-refractivity contribution in [3.8, 4) is 0 Å². The van der Waals surface area contributed by atoms with E-state index in [0.29, 0.717) is 16.6 Å². The van der Waals surface area contributed by atoms with Gasteiger partial charge in [0.1, 0.15) is 0 Å². The van der Waals surface area contributed by atoms with Crippen molar-refractivity contribution >= 4 is 16.6 Å². The highest BCUT2D eigenvalue weighted by Gasteiger charge is 2.44. The average Bonchev–Trinajstić information content (AvgIpc) is 2.50. The molecule has 0 aliphatic carbocycles. The molecule has 0 N–H and O–H groups in total. The lowest BCUT2D eigenvalue weighted by Gasteiger charge is -2.42. The molecule has 0 aromatic carbocycles. The molecule has 0 fully saturated rings. The molecule has 0 spiro atoms. The zero-order chi connectivity index (χ0) is 18.1. The number of rotatable bonds is 13. The van der Waals surface area contributed by atoms with Crippen molar-refractivity contribution in [2.24, 2.45) is 0 Å². The summed E-state index contributed by atoms with van der Waals surface area (Å²) in [6.45, 7) is 22.9. The third-order valence-corrected chi connectivity index (χ3v) is 16.7. The third kappa shape index (κ3) is 6.30. The second-order valence-corrected chi connectivity index (χ2v) is 18.2. The van der Waals surface area contributed by atoms with Gasteiger partial charge in [0.25, 0.3) is 0 Å². The Kier molecular flexibility index (Phi) is 11.2. The molecule has 0 bridgehead atoms. The van der Waals surface area contributed by atoms with Gasteiger partial charge < -0.3 is 8.85 Å². The fourth-order valence-electron chi connectivity index (χ4n) is 4.30. The van der Waals surface area contributed by atoms with Gasteiger partial charge in [0.2, 0.25) is 0 Å². The molecule has 4 heteroatoms. The van der Waals surface area contributed by atoms with E-state index < -0.39 is 16.6 Å². The third-order valence-electron chi connectivity index (χ3n) is 5.94. The number of hydrogen-bond acceptors (Lipinski definition) is 2. The molecular weight excluding hydrogens is 316 g/mol. The van der Waals surface area contributed by atoms with Crippen molar-refractivity contribution in [2.45, 2.75) is 110 Å². The van der Waals surface area contributed by atoms with Crippen LogP contribution < -0.4 is 0 Å². The van der Waals surface area contributed by atoms with E-state index >= 15 is 0 Å². The summed E-state index contributed by atoms with van der Waals surface area (Å²) in [5.41, 5.74) is 2.04. The van der Waals surface area contributed by atoms with E-state index in [9.17, 15) is 0 Å². The number of unbranched alkanes of at least 4 members (excludes halogenated alkanes) is 1. The summed E-state index contributed by atoms with van der Waals surface area (Å²) >= 11 is 0. The van der Waals surface area contributed by atoms with Crippen LogP contribution in [0.1, 0.15) is 75.2 Å². The Morgan fingerprint density at radius 2 is 0.957 bits per heavy atom. The summed E-state index contributed by atoms with van der Waals surface area (Å²) < 4.78 is 13.0. The molecule has 0 unspecified atom stereocenters. The SMILES string of the molecule is CC[Si](CC)(CC)OCCCCO[Si](C(C)C)(C(C)C)C(C)C. The Hall–Kier alpha value is 0.354. The Labute approximate surface area is 149 Å². The van der Waals surface area contributed by atoms with E-state index in [1.165, 1.54) is 18.1 Å². The van der Waals surface area contributed by atoms with Crippen LogP contribution in [0.2, 0.25) is 34.8 Å². The van der Waals surface area contributed by atoms with Crippen molar-refractivity contribution in [1.29, 1.82) is 0 Å². The smallest absolute Gasteiger partial charge is 0.200 e. The van der Waals surface area contributed by atoms with Crippen molar-refractivity contribution < 1.29 is 8.85 Å². The minimum atomic E-state index is -1.68. The van der Waals surface area contributed by atoms with Crippen molar-refractivity contribution in [3.63, 3.8) is 0 Å². The van der Waals surface area contributed by atoms with Crippen LogP contribution >= 0.6 is 0 Å². The second kappa shape index (κ2) is 11.1. The maximum Gasteiger partial charge on any atom is 0.200 e. The van der Waals surface area contributed by atoms with Gasteiger partial charge in [-0.05, 0) is 47.6 Å². The van der Waals surface area contributed by atoms with E-state index in [2.05, 4.69) is 62.3 Å². The van der Waals surface area contributed by atoms with Gasteiger partial charge in [-0.3, -0.25) is 0 Å². The first kappa shape index (κ1) is 23.4. The minimum absolute atomic E-state index is 0.680. The van der Waals surface area contributed by atoms with E-state index in [4.69, 9.17) is 8.85 Å². The van der Waals surface area contributed by atoms with E-state index in [-0.39, 0.29) is 0 Å². The van der Waals surface area contributed by atoms with Gasteiger partial charge in [-0.25, -0.2) is 0 Å². The maximum atomic E-state index is 6.62. The van der Waals surface area contributed by atoms with Crippen LogP contribution in [0, 0.1) is 0 Å². The first-order valence-electron chi connectivity index (χ1n) is 10.00. The fraction of sp³-hybridized carbons (Fsp3) is 1.00. The Balaban J connectivity index is 4.33. The highest BCUT2D eigenvalue weighted by molar-refractivity contribution is 6.77. The van der Waals surface area contributed by atoms with Gasteiger partial charge in [-0.1, -0.05) is 62.3 Å². The molecular formula is C19H44O2Si2. The lowest BCUT2D eigenvalue weighted by molar-refractivity contribution is 0.240. The molecule has 0 aromatic heterocycles. The Bertz CT molecular complexity index is 270. The molecule has 0 rings (SSSR count). The topological polar surface area (TPSA) is 18.5 Å². The first-order valence-corrected chi connectivity index (χ1v) is 14.7. The van der Waals surface area contributed by atoms with Crippen LogP contribution in [0.15, 0.2) is 0 Å². The van der Waals surface area contributed by atoms with Crippen LogP contribution in [0.4, 0.5) is 0 Å². The lowest BCUT2D eigenvalue weighted by Crippen LogP contribution is -2.48. The van der Waals surface area contributed by atoms with E-state index in [0.717, 1.165) is 26.1 Å². The fourth-order valence-corrected chi connectivity index (χ4v) is 12.5.